The van der Waals surface area contributed by atoms with Gasteiger partial charge in [-0.15, -0.1) is 0 Å². The number of hydrogen-bond acceptors (Lipinski definition) is 7. The Morgan fingerprint density at radius 1 is 1.09 bits per heavy atom. The first-order valence-electron chi connectivity index (χ1n) is 11.0. The maximum absolute atomic E-state index is 13.0. The lowest BCUT2D eigenvalue weighted by atomic mass is 10.0. The molecule has 14 nitrogen and oxygen atoms in total. The number of rotatable bonds is 13. The summed E-state index contributed by atoms with van der Waals surface area (Å²) in [6, 6.07) is -4.50. The Morgan fingerprint density at radius 3 is 2.26 bits per heavy atom. The quantitative estimate of drug-likeness (QED) is 0.0823. The Morgan fingerprint density at radius 2 is 1.74 bits per heavy atom. The van der Waals surface area contributed by atoms with Gasteiger partial charge in [0.2, 0.25) is 17.7 Å². The number of amides is 3. The van der Waals surface area contributed by atoms with E-state index in [0.717, 1.165) is 0 Å². The first kappa shape index (κ1) is 28.6. The van der Waals surface area contributed by atoms with Crippen molar-refractivity contribution in [2.24, 2.45) is 28.1 Å². The minimum Gasteiger partial charge on any atom is -0.481 e. The Labute approximate surface area is 197 Å². The van der Waals surface area contributed by atoms with Gasteiger partial charge in [-0.2, -0.15) is 0 Å². The summed E-state index contributed by atoms with van der Waals surface area (Å²) < 4.78 is 0. The van der Waals surface area contributed by atoms with Crippen LogP contribution in [0.5, 0.6) is 0 Å². The van der Waals surface area contributed by atoms with Crippen molar-refractivity contribution in [3.63, 3.8) is 0 Å². The monoisotopic (exact) mass is 485 g/mol. The highest BCUT2D eigenvalue weighted by Gasteiger charge is 2.38. The summed E-state index contributed by atoms with van der Waals surface area (Å²) in [5.74, 6) is -5.06. The zero-order valence-electron chi connectivity index (χ0n) is 19.4. The molecule has 192 valence electrons. The molecule has 1 aliphatic rings. The Hall–Kier alpha value is -3.42. The minimum atomic E-state index is -1.68. The molecule has 1 rings (SSSR count). The molecule has 4 unspecified atom stereocenters. The highest BCUT2D eigenvalue weighted by molar-refractivity contribution is 5.95. The van der Waals surface area contributed by atoms with E-state index in [-0.39, 0.29) is 37.2 Å². The number of nitrogens with zero attached hydrogens (tertiary/aromatic N) is 2. The average Bonchev–Trinajstić information content (AvgIpc) is 3.23. The fourth-order valence-electron chi connectivity index (χ4n) is 3.47. The van der Waals surface area contributed by atoms with E-state index in [1.165, 1.54) is 4.90 Å². The van der Waals surface area contributed by atoms with E-state index in [4.69, 9.17) is 22.3 Å². The second-order valence-electron chi connectivity index (χ2n) is 8.47. The van der Waals surface area contributed by atoms with Crippen LogP contribution in [0.3, 0.4) is 0 Å². The predicted octanol–water partition coefficient (Wildman–Crippen LogP) is -2.46. The van der Waals surface area contributed by atoms with Crippen LogP contribution < -0.4 is 27.8 Å². The molecule has 0 aliphatic carbocycles. The molecule has 0 spiro atoms. The van der Waals surface area contributed by atoms with E-state index in [0.29, 0.717) is 19.4 Å². The van der Waals surface area contributed by atoms with Gasteiger partial charge >= 0.3 is 11.9 Å². The second-order valence-corrected chi connectivity index (χ2v) is 8.47. The van der Waals surface area contributed by atoms with Gasteiger partial charge < -0.3 is 42.9 Å². The number of carboxylic acid groups (broad SMARTS) is 2. The van der Waals surface area contributed by atoms with Gasteiger partial charge in [0.25, 0.3) is 0 Å². The van der Waals surface area contributed by atoms with Crippen LogP contribution >= 0.6 is 0 Å². The third-order valence-corrected chi connectivity index (χ3v) is 5.41. The van der Waals surface area contributed by atoms with Crippen molar-refractivity contribution in [3.8, 4) is 0 Å². The van der Waals surface area contributed by atoms with Crippen molar-refractivity contribution in [2.45, 2.75) is 70.1 Å². The summed E-state index contributed by atoms with van der Waals surface area (Å²) in [7, 11) is 0. The lowest BCUT2D eigenvalue weighted by Crippen LogP contribution is -2.57. The number of likely N-dealkylation sites (tertiary alicyclic amines) is 1. The zero-order chi connectivity index (χ0) is 26.0. The molecular weight excluding hydrogens is 450 g/mol. The van der Waals surface area contributed by atoms with E-state index in [1.54, 1.807) is 13.8 Å². The molecule has 0 saturated carbocycles. The topological polar surface area (TPSA) is 244 Å². The third kappa shape index (κ3) is 8.84. The van der Waals surface area contributed by atoms with Crippen LogP contribution in [0.1, 0.15) is 46.0 Å². The van der Waals surface area contributed by atoms with Crippen LogP contribution in [0.15, 0.2) is 4.99 Å². The second kappa shape index (κ2) is 13.3. The van der Waals surface area contributed by atoms with Crippen molar-refractivity contribution >= 4 is 35.6 Å². The van der Waals surface area contributed by atoms with Crippen molar-refractivity contribution in [1.82, 2.24) is 15.5 Å². The number of guanidine groups is 1. The number of nitrogens with one attached hydrogen (secondary N) is 2. The Kier molecular flexibility index (Phi) is 11.2. The highest BCUT2D eigenvalue weighted by atomic mass is 16.4. The molecule has 1 fully saturated rings. The number of carboxylic acids is 2. The number of aliphatic carboxylic acids is 2. The minimum absolute atomic E-state index is 0.0416. The molecule has 0 radical (unpaired) electrons. The molecule has 1 saturated heterocycles. The maximum atomic E-state index is 13.0. The van der Waals surface area contributed by atoms with E-state index in [1.807, 2.05) is 0 Å². The first-order valence-corrected chi connectivity index (χ1v) is 11.0. The van der Waals surface area contributed by atoms with Crippen LogP contribution in [0, 0.1) is 5.92 Å². The van der Waals surface area contributed by atoms with Gasteiger partial charge in [0, 0.05) is 13.1 Å². The van der Waals surface area contributed by atoms with Crippen molar-refractivity contribution in [1.29, 1.82) is 0 Å². The number of carbonyl (C=O) groups is 5. The van der Waals surface area contributed by atoms with Gasteiger partial charge in [-0.25, -0.2) is 4.79 Å². The SMILES string of the molecule is CC(C)C(N)C(=O)N1CCCC1C(=O)NC(CCCN=C(N)N)C(=O)NC(CC(=O)O)C(=O)O. The van der Waals surface area contributed by atoms with Gasteiger partial charge in [-0.3, -0.25) is 24.2 Å². The predicted molar refractivity (Wildman–Crippen MR) is 121 cm³/mol. The van der Waals surface area contributed by atoms with Gasteiger partial charge in [0.15, 0.2) is 5.96 Å². The van der Waals surface area contributed by atoms with E-state index in [9.17, 15) is 29.1 Å². The number of aliphatic imine (C=N–C) groups is 1. The molecule has 0 aromatic rings. The molecule has 0 bridgehead atoms. The fourth-order valence-corrected chi connectivity index (χ4v) is 3.47. The average molecular weight is 486 g/mol. The van der Waals surface area contributed by atoms with Crippen LogP contribution in [0.25, 0.3) is 0 Å². The number of carbonyl (C=O) groups excluding carboxylic acids is 3. The van der Waals surface area contributed by atoms with Gasteiger partial charge in [0.05, 0.1) is 12.5 Å². The standard InChI is InChI=1S/C20H35N7O7/c1-10(2)15(21)18(32)27-8-4-6-13(27)17(31)25-11(5-3-7-24-20(22)23)16(30)26-12(19(33)34)9-14(28)29/h10-13,15H,3-9,21H2,1-2H3,(H,25,31)(H,26,30)(H,28,29)(H,33,34)(H4,22,23,24). The molecule has 1 heterocycles. The van der Waals surface area contributed by atoms with Crippen molar-refractivity contribution in [3.05, 3.63) is 0 Å². The molecule has 1 aliphatic heterocycles. The van der Waals surface area contributed by atoms with Crippen LogP contribution in [0.2, 0.25) is 0 Å². The normalized spacial score (nSPS) is 18.0. The zero-order valence-corrected chi connectivity index (χ0v) is 19.4. The van der Waals surface area contributed by atoms with E-state index >= 15 is 0 Å². The van der Waals surface area contributed by atoms with Crippen LogP contribution in [-0.2, 0) is 24.0 Å². The molecule has 0 aromatic heterocycles. The molecular formula is C20H35N7O7. The smallest absolute Gasteiger partial charge is 0.326 e. The van der Waals surface area contributed by atoms with E-state index < -0.39 is 54.3 Å². The largest absolute Gasteiger partial charge is 0.481 e. The van der Waals surface area contributed by atoms with Gasteiger partial charge in [0.1, 0.15) is 18.1 Å². The van der Waals surface area contributed by atoms with Crippen molar-refractivity contribution < 1.29 is 34.2 Å². The maximum Gasteiger partial charge on any atom is 0.326 e. The van der Waals surface area contributed by atoms with Gasteiger partial charge in [-0.1, -0.05) is 13.8 Å². The fraction of sp³-hybridized carbons (Fsp3) is 0.700. The summed E-state index contributed by atoms with van der Waals surface area (Å²) in [4.78, 5) is 65.9. The van der Waals surface area contributed by atoms with Crippen molar-refractivity contribution in [2.75, 3.05) is 13.1 Å². The van der Waals surface area contributed by atoms with Crippen LogP contribution in [0.4, 0.5) is 0 Å². The van der Waals surface area contributed by atoms with Crippen LogP contribution in [-0.4, -0.2) is 88.0 Å². The molecule has 3 amide bonds. The summed E-state index contributed by atoms with van der Waals surface area (Å²) >= 11 is 0. The third-order valence-electron chi connectivity index (χ3n) is 5.41. The Bertz CT molecular complexity index is 798. The highest BCUT2D eigenvalue weighted by Crippen LogP contribution is 2.20. The summed E-state index contributed by atoms with van der Waals surface area (Å²) in [6.45, 7) is 4.08. The lowest BCUT2D eigenvalue weighted by molar-refractivity contribution is -0.147. The summed E-state index contributed by atoms with van der Waals surface area (Å²) in [5.41, 5.74) is 16.5. The molecule has 34 heavy (non-hydrogen) atoms. The lowest BCUT2D eigenvalue weighted by Gasteiger charge is -2.29. The molecule has 10 N–H and O–H groups in total. The number of nitrogens with two attached hydrogens (primary N) is 3. The first-order chi connectivity index (χ1) is 15.8. The number of hydrogen-bond donors (Lipinski definition) is 7. The van der Waals surface area contributed by atoms with E-state index in [2.05, 4.69) is 15.6 Å². The van der Waals surface area contributed by atoms with Gasteiger partial charge in [-0.05, 0) is 31.6 Å². The molecule has 14 heteroatoms. The molecule has 4 atom stereocenters. The Balaban J connectivity index is 2.98. The summed E-state index contributed by atoms with van der Waals surface area (Å²) in [5, 5.41) is 22.8. The summed E-state index contributed by atoms with van der Waals surface area (Å²) in [6.07, 6.45) is 0.420. The molecule has 0 aromatic carbocycles.